The number of aryl methyl sites for hydroxylation is 1. The average Bonchev–Trinajstić information content (AvgIpc) is 2.53. The molecule has 1 aromatic heterocycles. The third-order valence-corrected chi connectivity index (χ3v) is 4.37. The van der Waals surface area contributed by atoms with Gasteiger partial charge >= 0.3 is 0 Å². The van der Waals surface area contributed by atoms with Crippen LogP contribution in [0, 0.1) is 5.41 Å². The molecule has 0 unspecified atom stereocenters. The molecule has 0 spiro atoms. The molecule has 5 heteroatoms. The second-order valence-electron chi connectivity index (χ2n) is 7.11. The van der Waals surface area contributed by atoms with Gasteiger partial charge in [0, 0.05) is 43.4 Å². The van der Waals surface area contributed by atoms with Gasteiger partial charge in [-0.1, -0.05) is 27.7 Å². The number of rotatable bonds is 3. The Bertz CT molecular complexity index is 516. The summed E-state index contributed by atoms with van der Waals surface area (Å²) in [6.07, 6.45) is 4.55. The molecule has 1 aliphatic rings. The molecule has 1 amide bonds. The first-order chi connectivity index (χ1) is 10.3. The van der Waals surface area contributed by atoms with E-state index >= 15 is 0 Å². The lowest BCUT2D eigenvalue weighted by Gasteiger charge is -2.39. The monoisotopic (exact) mass is 304 g/mol. The summed E-state index contributed by atoms with van der Waals surface area (Å²) >= 11 is 0. The van der Waals surface area contributed by atoms with Crippen LogP contribution in [0.2, 0.25) is 0 Å². The van der Waals surface area contributed by atoms with E-state index in [-0.39, 0.29) is 11.3 Å². The number of hydrogen-bond acceptors (Lipinski definition) is 4. The van der Waals surface area contributed by atoms with Crippen molar-refractivity contribution in [3.63, 3.8) is 0 Å². The van der Waals surface area contributed by atoms with Crippen molar-refractivity contribution in [2.75, 3.05) is 25.0 Å². The molecule has 122 valence electrons. The lowest BCUT2D eigenvalue weighted by Crippen LogP contribution is -2.48. The van der Waals surface area contributed by atoms with Crippen LogP contribution in [0.1, 0.15) is 46.2 Å². The number of nitrogens with zero attached hydrogens (tertiary/aromatic N) is 4. The van der Waals surface area contributed by atoms with Crippen LogP contribution in [0.4, 0.5) is 5.82 Å². The predicted molar refractivity (Wildman–Crippen MR) is 88.9 cm³/mol. The van der Waals surface area contributed by atoms with E-state index < -0.39 is 0 Å². The molecular weight excluding hydrogens is 276 g/mol. The van der Waals surface area contributed by atoms with Crippen molar-refractivity contribution in [3.8, 4) is 0 Å². The van der Waals surface area contributed by atoms with E-state index in [0.717, 1.165) is 43.9 Å². The van der Waals surface area contributed by atoms with Gasteiger partial charge in [0.05, 0.1) is 0 Å². The molecule has 22 heavy (non-hydrogen) atoms. The Morgan fingerprint density at radius 1 is 1.32 bits per heavy atom. The van der Waals surface area contributed by atoms with Crippen LogP contribution in [0.15, 0.2) is 12.4 Å². The summed E-state index contributed by atoms with van der Waals surface area (Å²) in [6, 6.07) is 2.40. The second-order valence-corrected chi connectivity index (χ2v) is 7.11. The van der Waals surface area contributed by atoms with E-state index in [0.29, 0.717) is 6.04 Å². The zero-order valence-electron chi connectivity index (χ0n) is 14.5. The maximum Gasteiger partial charge on any atom is 0.227 e. The molecule has 0 N–H and O–H groups in total. The molecule has 0 radical (unpaired) electrons. The van der Waals surface area contributed by atoms with Crippen LogP contribution in [0.25, 0.3) is 0 Å². The average molecular weight is 304 g/mol. The Morgan fingerprint density at radius 2 is 1.95 bits per heavy atom. The summed E-state index contributed by atoms with van der Waals surface area (Å²) in [5, 5.41) is 0. The maximum absolute atomic E-state index is 12.4. The third-order valence-electron chi connectivity index (χ3n) is 4.37. The normalized spacial score (nSPS) is 16.7. The molecule has 0 aromatic carbocycles. The van der Waals surface area contributed by atoms with E-state index in [2.05, 4.69) is 27.9 Å². The summed E-state index contributed by atoms with van der Waals surface area (Å²) in [6.45, 7) is 9.92. The van der Waals surface area contributed by atoms with Gasteiger partial charge < -0.3 is 9.80 Å². The molecule has 2 heterocycles. The molecule has 5 nitrogen and oxygen atoms in total. The maximum atomic E-state index is 12.4. The van der Waals surface area contributed by atoms with Gasteiger partial charge in [-0.25, -0.2) is 9.97 Å². The standard InChI is InChI=1S/C17H28N4O/c1-6-13-11-15(19-12-18-13)21-9-7-14(8-10-21)20(5)16(22)17(2,3)4/h11-12,14H,6-10H2,1-5H3. The van der Waals surface area contributed by atoms with Crippen LogP contribution < -0.4 is 4.90 Å². The molecule has 1 aromatic rings. The minimum absolute atomic E-state index is 0.223. The van der Waals surface area contributed by atoms with Gasteiger partial charge in [-0.15, -0.1) is 0 Å². The second kappa shape index (κ2) is 6.63. The van der Waals surface area contributed by atoms with Crippen molar-refractivity contribution < 1.29 is 4.79 Å². The van der Waals surface area contributed by atoms with Crippen LogP contribution >= 0.6 is 0 Å². The van der Waals surface area contributed by atoms with Gasteiger partial charge in [-0.2, -0.15) is 0 Å². The zero-order valence-corrected chi connectivity index (χ0v) is 14.5. The van der Waals surface area contributed by atoms with Crippen molar-refractivity contribution in [2.45, 2.75) is 53.0 Å². The Balaban J connectivity index is 1.96. The SMILES string of the molecule is CCc1cc(N2CCC(N(C)C(=O)C(C)(C)C)CC2)ncn1. The lowest BCUT2D eigenvalue weighted by molar-refractivity contribution is -0.140. The van der Waals surface area contributed by atoms with E-state index in [1.54, 1.807) is 6.33 Å². The highest BCUT2D eigenvalue weighted by molar-refractivity contribution is 5.81. The smallest absolute Gasteiger partial charge is 0.227 e. The van der Waals surface area contributed by atoms with Crippen molar-refractivity contribution in [1.82, 2.24) is 14.9 Å². The number of piperidine rings is 1. The van der Waals surface area contributed by atoms with Crippen molar-refractivity contribution >= 4 is 11.7 Å². The van der Waals surface area contributed by atoms with E-state index in [9.17, 15) is 4.79 Å². The van der Waals surface area contributed by atoms with E-state index in [4.69, 9.17) is 0 Å². The molecule has 2 rings (SSSR count). The summed E-state index contributed by atoms with van der Waals surface area (Å²) in [5.41, 5.74) is 0.765. The van der Waals surface area contributed by atoms with Crippen LogP contribution in [-0.2, 0) is 11.2 Å². The van der Waals surface area contributed by atoms with Crippen LogP contribution in [0.3, 0.4) is 0 Å². The number of carbonyl (C=O) groups excluding carboxylic acids is 1. The molecule has 0 aliphatic carbocycles. The highest BCUT2D eigenvalue weighted by Crippen LogP contribution is 2.24. The fourth-order valence-corrected chi connectivity index (χ4v) is 2.93. The van der Waals surface area contributed by atoms with Crippen LogP contribution in [0.5, 0.6) is 0 Å². The third kappa shape index (κ3) is 3.76. The molecular formula is C17H28N4O. The van der Waals surface area contributed by atoms with Crippen LogP contribution in [-0.4, -0.2) is 47.0 Å². The van der Waals surface area contributed by atoms with Crippen molar-refractivity contribution in [3.05, 3.63) is 18.1 Å². The summed E-state index contributed by atoms with van der Waals surface area (Å²) in [5.74, 6) is 1.23. The molecule has 0 bridgehead atoms. The van der Waals surface area contributed by atoms with Gasteiger partial charge in [0.25, 0.3) is 0 Å². The molecule has 1 aliphatic heterocycles. The number of amides is 1. The Morgan fingerprint density at radius 3 is 2.50 bits per heavy atom. The highest BCUT2D eigenvalue weighted by atomic mass is 16.2. The molecule has 0 atom stereocenters. The first kappa shape index (κ1) is 16.7. The Labute approximate surface area is 133 Å². The number of anilines is 1. The topological polar surface area (TPSA) is 49.3 Å². The highest BCUT2D eigenvalue weighted by Gasteiger charge is 2.31. The number of aromatic nitrogens is 2. The summed E-state index contributed by atoms with van der Waals surface area (Å²) in [7, 11) is 1.94. The minimum Gasteiger partial charge on any atom is -0.356 e. The lowest BCUT2D eigenvalue weighted by atomic mass is 9.92. The molecule has 0 saturated carbocycles. The van der Waals surface area contributed by atoms with E-state index in [1.165, 1.54) is 0 Å². The van der Waals surface area contributed by atoms with Crippen molar-refractivity contribution in [1.29, 1.82) is 0 Å². The Kier molecular flexibility index (Phi) is 5.04. The molecule has 1 fully saturated rings. The quantitative estimate of drug-likeness (QED) is 0.861. The van der Waals surface area contributed by atoms with E-state index in [1.807, 2.05) is 32.7 Å². The minimum atomic E-state index is -0.311. The summed E-state index contributed by atoms with van der Waals surface area (Å²) < 4.78 is 0. The fourth-order valence-electron chi connectivity index (χ4n) is 2.93. The fraction of sp³-hybridized carbons (Fsp3) is 0.706. The first-order valence-corrected chi connectivity index (χ1v) is 8.16. The number of carbonyl (C=O) groups is 1. The van der Waals surface area contributed by atoms with Gasteiger partial charge in [-0.3, -0.25) is 4.79 Å². The van der Waals surface area contributed by atoms with Gasteiger partial charge in [0.1, 0.15) is 12.1 Å². The van der Waals surface area contributed by atoms with Crippen molar-refractivity contribution in [2.24, 2.45) is 5.41 Å². The largest absolute Gasteiger partial charge is 0.356 e. The van der Waals surface area contributed by atoms with Gasteiger partial charge in [0.15, 0.2) is 0 Å². The summed E-state index contributed by atoms with van der Waals surface area (Å²) in [4.78, 5) is 25.3. The predicted octanol–water partition coefficient (Wildman–Crippen LogP) is 2.51. The van der Waals surface area contributed by atoms with Gasteiger partial charge in [0.2, 0.25) is 5.91 Å². The zero-order chi connectivity index (χ0) is 16.3. The first-order valence-electron chi connectivity index (χ1n) is 8.16. The van der Waals surface area contributed by atoms with Gasteiger partial charge in [-0.05, 0) is 19.3 Å². The Hall–Kier alpha value is -1.65. The molecule has 1 saturated heterocycles. The number of hydrogen-bond donors (Lipinski definition) is 0.